The molecule has 0 unspecified atom stereocenters. The Morgan fingerprint density at radius 1 is 0.750 bits per heavy atom. The van der Waals surface area contributed by atoms with Crippen molar-refractivity contribution in [2.24, 2.45) is 23.7 Å². The molecule has 2 nitrogen and oxygen atoms in total. The number of rotatable bonds is 8. The Bertz CT molecular complexity index is 603. The lowest BCUT2D eigenvalue weighted by molar-refractivity contribution is 0.121. The number of ether oxygens (including phenoxy) is 2. The molecule has 1 aromatic carbocycles. The van der Waals surface area contributed by atoms with Crippen LogP contribution in [0.4, 0.5) is 8.78 Å². The number of hydrogen-bond acceptors (Lipinski definition) is 2. The van der Waals surface area contributed by atoms with Crippen molar-refractivity contribution < 1.29 is 18.3 Å². The van der Waals surface area contributed by atoms with E-state index in [1.165, 1.54) is 57.1 Å². The molecule has 1 aromatic rings. The Kier molecular flexibility index (Phi) is 7.99. The van der Waals surface area contributed by atoms with Crippen LogP contribution < -0.4 is 9.47 Å². The summed E-state index contributed by atoms with van der Waals surface area (Å²) in [6.45, 7) is 5.09. The Morgan fingerprint density at radius 3 is 1.75 bits per heavy atom. The van der Waals surface area contributed by atoms with Gasteiger partial charge in [-0.2, -0.15) is 8.78 Å². The molecule has 4 heteroatoms. The molecule has 0 heterocycles. The zero-order valence-corrected chi connectivity index (χ0v) is 17.5. The van der Waals surface area contributed by atoms with Crippen LogP contribution in [0.2, 0.25) is 0 Å². The van der Waals surface area contributed by atoms with Crippen molar-refractivity contribution in [3.63, 3.8) is 0 Å². The summed E-state index contributed by atoms with van der Waals surface area (Å²) in [7, 11) is 0. The molecule has 0 saturated heterocycles. The molecule has 0 spiro atoms. The SMILES string of the molecule is CCCOc1ccc(OC[C@H]2CC[C@H]([C@H]3CC[C@H](CC)CC3)CC2)c(F)c1F. The van der Waals surface area contributed by atoms with Gasteiger partial charge in [-0.1, -0.05) is 33.1 Å². The van der Waals surface area contributed by atoms with Crippen LogP contribution in [-0.2, 0) is 0 Å². The molecule has 2 fully saturated rings. The lowest BCUT2D eigenvalue weighted by atomic mass is 9.69. The monoisotopic (exact) mass is 394 g/mol. The van der Waals surface area contributed by atoms with Crippen LogP contribution in [-0.4, -0.2) is 13.2 Å². The van der Waals surface area contributed by atoms with Gasteiger partial charge >= 0.3 is 0 Å². The third-order valence-electron chi connectivity index (χ3n) is 6.97. The average Bonchev–Trinajstić information content (AvgIpc) is 2.74. The largest absolute Gasteiger partial charge is 0.490 e. The van der Waals surface area contributed by atoms with Crippen molar-refractivity contribution >= 4 is 0 Å². The van der Waals surface area contributed by atoms with Crippen molar-refractivity contribution in [2.75, 3.05) is 13.2 Å². The molecular weight excluding hydrogens is 358 g/mol. The number of halogens is 2. The third-order valence-corrected chi connectivity index (χ3v) is 6.97. The Morgan fingerprint density at radius 2 is 1.25 bits per heavy atom. The minimum absolute atomic E-state index is 0.00126. The first kappa shape index (κ1) is 21.4. The van der Waals surface area contributed by atoms with Crippen molar-refractivity contribution in [1.82, 2.24) is 0 Å². The summed E-state index contributed by atoms with van der Waals surface area (Å²) in [6.07, 6.45) is 12.5. The number of benzene rings is 1. The smallest absolute Gasteiger partial charge is 0.204 e. The third kappa shape index (κ3) is 5.39. The van der Waals surface area contributed by atoms with Gasteiger partial charge in [0.15, 0.2) is 11.5 Å². The quantitative estimate of drug-likeness (QED) is 0.466. The van der Waals surface area contributed by atoms with E-state index < -0.39 is 11.6 Å². The van der Waals surface area contributed by atoms with E-state index in [4.69, 9.17) is 9.47 Å². The Labute approximate surface area is 169 Å². The van der Waals surface area contributed by atoms with Gasteiger partial charge < -0.3 is 9.47 Å². The second-order valence-corrected chi connectivity index (χ2v) is 8.82. The second-order valence-electron chi connectivity index (χ2n) is 8.82. The Hall–Kier alpha value is -1.32. The first-order valence-electron chi connectivity index (χ1n) is 11.4. The predicted molar refractivity (Wildman–Crippen MR) is 109 cm³/mol. The van der Waals surface area contributed by atoms with Crippen molar-refractivity contribution in [3.05, 3.63) is 23.8 Å². The zero-order chi connectivity index (χ0) is 19.9. The Balaban J connectivity index is 1.44. The summed E-state index contributed by atoms with van der Waals surface area (Å²) in [5.41, 5.74) is 0. The van der Waals surface area contributed by atoms with Gasteiger partial charge in [0.05, 0.1) is 13.2 Å². The van der Waals surface area contributed by atoms with E-state index in [9.17, 15) is 8.78 Å². The second kappa shape index (κ2) is 10.5. The van der Waals surface area contributed by atoms with E-state index in [1.54, 1.807) is 0 Å². The first-order chi connectivity index (χ1) is 13.6. The summed E-state index contributed by atoms with van der Waals surface area (Å²) in [5.74, 6) is 1.25. The molecule has 0 radical (unpaired) electrons. The van der Waals surface area contributed by atoms with E-state index in [-0.39, 0.29) is 11.5 Å². The molecule has 28 heavy (non-hydrogen) atoms. The van der Waals surface area contributed by atoms with Crippen molar-refractivity contribution in [1.29, 1.82) is 0 Å². The van der Waals surface area contributed by atoms with Crippen LogP contribution in [0.5, 0.6) is 11.5 Å². The fourth-order valence-electron chi connectivity index (χ4n) is 5.05. The maximum atomic E-state index is 14.2. The fourth-order valence-corrected chi connectivity index (χ4v) is 5.05. The summed E-state index contributed by atoms with van der Waals surface area (Å²) in [6, 6.07) is 2.95. The minimum atomic E-state index is -0.947. The summed E-state index contributed by atoms with van der Waals surface area (Å²) in [5, 5.41) is 0. The topological polar surface area (TPSA) is 18.5 Å². The zero-order valence-electron chi connectivity index (χ0n) is 17.5. The fraction of sp³-hybridized carbons (Fsp3) is 0.750. The van der Waals surface area contributed by atoms with Gasteiger partial charge in [-0.3, -0.25) is 0 Å². The van der Waals surface area contributed by atoms with Crippen molar-refractivity contribution in [2.45, 2.75) is 78.1 Å². The van der Waals surface area contributed by atoms with Gasteiger partial charge in [0.1, 0.15) is 0 Å². The van der Waals surface area contributed by atoms with Crippen LogP contribution >= 0.6 is 0 Å². The normalized spacial score (nSPS) is 28.1. The molecular formula is C24H36F2O2. The molecule has 2 aliphatic rings. The highest BCUT2D eigenvalue weighted by atomic mass is 19.2. The van der Waals surface area contributed by atoms with Gasteiger partial charge in [0.2, 0.25) is 11.6 Å². The minimum Gasteiger partial charge on any atom is -0.490 e. The average molecular weight is 395 g/mol. The van der Waals surface area contributed by atoms with Crippen LogP contribution in [0.25, 0.3) is 0 Å². The van der Waals surface area contributed by atoms with Gasteiger partial charge in [-0.25, -0.2) is 0 Å². The molecule has 0 amide bonds. The molecule has 0 bridgehead atoms. The predicted octanol–water partition coefficient (Wildman–Crippen LogP) is 7.16. The van der Waals surface area contributed by atoms with Gasteiger partial charge in [0, 0.05) is 0 Å². The van der Waals surface area contributed by atoms with Crippen molar-refractivity contribution in [3.8, 4) is 11.5 Å². The molecule has 2 aliphatic carbocycles. The lowest BCUT2D eigenvalue weighted by Crippen LogP contribution is -2.27. The maximum Gasteiger partial charge on any atom is 0.204 e. The van der Waals surface area contributed by atoms with E-state index in [0.29, 0.717) is 19.1 Å². The summed E-state index contributed by atoms with van der Waals surface area (Å²) >= 11 is 0. The highest BCUT2D eigenvalue weighted by Gasteiger charge is 2.30. The van der Waals surface area contributed by atoms with Crippen LogP contribution in [0, 0.1) is 35.3 Å². The molecule has 2 saturated carbocycles. The molecule has 0 aliphatic heterocycles. The van der Waals surface area contributed by atoms with E-state index in [0.717, 1.165) is 37.0 Å². The molecule has 0 aromatic heterocycles. The molecule has 0 atom stereocenters. The first-order valence-corrected chi connectivity index (χ1v) is 11.4. The lowest BCUT2D eigenvalue weighted by Gasteiger charge is -2.37. The standard InChI is InChI=1S/C24H36F2O2/c1-3-15-27-21-13-14-22(24(26)23(21)25)28-16-18-7-11-20(12-8-18)19-9-5-17(4-2)6-10-19/h13-14,17-20H,3-12,15-16H2,1-2H3/t17-,18-,19-,20-. The molecule has 0 N–H and O–H groups in total. The van der Waals surface area contributed by atoms with Crippen LogP contribution in [0.1, 0.15) is 78.1 Å². The molecule has 3 rings (SSSR count). The van der Waals surface area contributed by atoms with Gasteiger partial charge in [-0.15, -0.1) is 0 Å². The summed E-state index contributed by atoms with van der Waals surface area (Å²) in [4.78, 5) is 0. The maximum absolute atomic E-state index is 14.2. The molecule has 158 valence electrons. The highest BCUT2D eigenvalue weighted by Crippen LogP contribution is 2.42. The summed E-state index contributed by atoms with van der Waals surface area (Å²) < 4.78 is 39.2. The van der Waals surface area contributed by atoms with E-state index in [2.05, 4.69) is 6.92 Å². The number of hydrogen-bond donors (Lipinski definition) is 0. The highest BCUT2D eigenvalue weighted by molar-refractivity contribution is 5.35. The van der Waals surface area contributed by atoms with Gasteiger partial charge in [0.25, 0.3) is 0 Å². The van der Waals surface area contributed by atoms with Crippen LogP contribution in [0.3, 0.4) is 0 Å². The van der Waals surface area contributed by atoms with E-state index in [1.807, 2.05) is 6.92 Å². The van der Waals surface area contributed by atoms with Gasteiger partial charge in [-0.05, 0) is 80.8 Å². The van der Waals surface area contributed by atoms with E-state index >= 15 is 0 Å². The van der Waals surface area contributed by atoms with Crippen LogP contribution in [0.15, 0.2) is 12.1 Å².